The van der Waals surface area contributed by atoms with Gasteiger partial charge in [0.2, 0.25) is 0 Å². The second-order valence-corrected chi connectivity index (χ2v) is 5.10. The predicted molar refractivity (Wildman–Crippen MR) is 90.8 cm³/mol. The van der Waals surface area contributed by atoms with Gasteiger partial charge in [-0.1, -0.05) is 6.07 Å². The Hall–Kier alpha value is -1.89. The van der Waals surface area contributed by atoms with E-state index >= 15 is 0 Å². The minimum Gasteiger partial charge on any atom is -0.396 e. The largest absolute Gasteiger partial charge is 0.396 e. The molecular formula is C17H24N2O4. The van der Waals surface area contributed by atoms with Crippen LogP contribution in [-0.4, -0.2) is 36.5 Å². The molecule has 0 fully saturated rings. The molecule has 3 N–H and O–H groups in total. The molecule has 6 nitrogen and oxygen atoms in total. The van der Waals surface area contributed by atoms with Crippen molar-refractivity contribution in [3.63, 3.8) is 0 Å². The molecule has 0 unspecified atom stereocenters. The summed E-state index contributed by atoms with van der Waals surface area (Å²) in [4.78, 5) is 15.2. The van der Waals surface area contributed by atoms with Crippen molar-refractivity contribution in [3.05, 3.63) is 40.3 Å². The van der Waals surface area contributed by atoms with Crippen LogP contribution in [-0.2, 0) is 9.47 Å². The lowest BCUT2D eigenvalue weighted by molar-refractivity contribution is -0.142. The molecule has 0 spiro atoms. The molecule has 0 saturated heterocycles. The van der Waals surface area contributed by atoms with Crippen molar-refractivity contribution >= 4 is 16.5 Å². The highest BCUT2D eigenvalue weighted by Gasteiger charge is 2.14. The van der Waals surface area contributed by atoms with E-state index < -0.39 is 6.29 Å². The quantitative estimate of drug-likeness (QED) is 0.488. The first-order chi connectivity index (χ1) is 11.2. The minimum atomic E-state index is -0.565. The summed E-state index contributed by atoms with van der Waals surface area (Å²) in [7, 11) is 0. The van der Waals surface area contributed by atoms with Crippen LogP contribution in [0.25, 0.3) is 10.8 Å². The number of aliphatic hydroxyl groups excluding tert-OH is 1. The summed E-state index contributed by atoms with van der Waals surface area (Å²) < 4.78 is 11.1. The molecule has 6 heteroatoms. The molecule has 126 valence electrons. The van der Waals surface area contributed by atoms with E-state index in [0.29, 0.717) is 37.3 Å². The van der Waals surface area contributed by atoms with Gasteiger partial charge in [0.25, 0.3) is 5.56 Å². The second-order valence-electron chi connectivity index (χ2n) is 5.10. The van der Waals surface area contributed by atoms with Crippen molar-refractivity contribution in [2.75, 3.05) is 31.7 Å². The molecule has 0 atom stereocenters. The van der Waals surface area contributed by atoms with Gasteiger partial charge in [-0.3, -0.25) is 4.79 Å². The van der Waals surface area contributed by atoms with Gasteiger partial charge in [-0.05, 0) is 43.9 Å². The summed E-state index contributed by atoms with van der Waals surface area (Å²) in [5.74, 6) is 0. The number of aromatic amines is 1. The summed E-state index contributed by atoms with van der Waals surface area (Å²) in [6, 6.07) is 7.50. The Morgan fingerprint density at radius 3 is 2.61 bits per heavy atom. The van der Waals surface area contributed by atoms with Gasteiger partial charge in [0.05, 0.1) is 5.69 Å². The van der Waals surface area contributed by atoms with Gasteiger partial charge in [-0.2, -0.15) is 0 Å². The lowest BCUT2D eigenvalue weighted by atomic mass is 10.1. The Morgan fingerprint density at radius 2 is 1.96 bits per heavy atom. The number of aliphatic hydroxyl groups is 1. The fraction of sp³-hybridized carbons (Fsp3) is 0.471. The molecule has 0 amide bonds. The van der Waals surface area contributed by atoms with E-state index in [2.05, 4.69) is 10.3 Å². The minimum absolute atomic E-state index is 0.140. The van der Waals surface area contributed by atoms with Gasteiger partial charge in [-0.25, -0.2) is 0 Å². The molecule has 0 bridgehead atoms. The van der Waals surface area contributed by atoms with Crippen LogP contribution >= 0.6 is 0 Å². The van der Waals surface area contributed by atoms with E-state index in [9.17, 15) is 4.79 Å². The van der Waals surface area contributed by atoms with Crippen LogP contribution in [0.4, 0.5) is 5.69 Å². The molecule has 2 rings (SSSR count). The number of anilines is 1. The van der Waals surface area contributed by atoms with Crippen molar-refractivity contribution in [1.29, 1.82) is 0 Å². The number of H-pyrrole nitrogens is 1. The van der Waals surface area contributed by atoms with Crippen molar-refractivity contribution < 1.29 is 14.6 Å². The van der Waals surface area contributed by atoms with Crippen LogP contribution in [0.15, 0.2) is 29.1 Å². The first kappa shape index (κ1) is 17.5. The topological polar surface area (TPSA) is 83.6 Å². The third kappa shape index (κ3) is 4.54. The van der Waals surface area contributed by atoms with Crippen LogP contribution in [0.3, 0.4) is 0 Å². The highest BCUT2D eigenvalue weighted by atomic mass is 16.7. The van der Waals surface area contributed by atoms with Gasteiger partial charge < -0.3 is 24.9 Å². The summed E-state index contributed by atoms with van der Waals surface area (Å²) in [6.07, 6.45) is 0.0991. The number of pyridine rings is 1. The molecule has 23 heavy (non-hydrogen) atoms. The van der Waals surface area contributed by atoms with Gasteiger partial charge in [0, 0.05) is 37.4 Å². The molecule has 0 aliphatic rings. The average Bonchev–Trinajstić information content (AvgIpc) is 2.55. The lowest BCUT2D eigenvalue weighted by Gasteiger charge is -2.17. The monoisotopic (exact) mass is 320 g/mol. The maximum absolute atomic E-state index is 12.4. The van der Waals surface area contributed by atoms with E-state index in [1.807, 2.05) is 38.1 Å². The smallest absolute Gasteiger partial charge is 0.256 e. The van der Waals surface area contributed by atoms with Crippen molar-refractivity contribution in [2.24, 2.45) is 0 Å². The molecule has 1 aromatic heterocycles. The van der Waals surface area contributed by atoms with Gasteiger partial charge in [0.1, 0.15) is 0 Å². The van der Waals surface area contributed by atoms with Gasteiger partial charge >= 0.3 is 0 Å². The third-order valence-corrected chi connectivity index (χ3v) is 3.42. The predicted octanol–water partition coefficient (Wildman–Crippen LogP) is 2.39. The van der Waals surface area contributed by atoms with E-state index in [1.165, 1.54) is 0 Å². The summed E-state index contributed by atoms with van der Waals surface area (Å²) in [6.45, 7) is 5.57. The zero-order chi connectivity index (χ0) is 16.7. The number of nitrogens with one attached hydrogen (secondary N) is 2. The fourth-order valence-electron chi connectivity index (χ4n) is 2.36. The lowest BCUT2D eigenvalue weighted by Crippen LogP contribution is -2.16. The molecule has 0 radical (unpaired) electrons. The third-order valence-electron chi connectivity index (χ3n) is 3.42. The van der Waals surface area contributed by atoms with Crippen molar-refractivity contribution in [1.82, 2.24) is 4.98 Å². The molecule has 0 saturated carbocycles. The molecule has 0 aliphatic heterocycles. The van der Waals surface area contributed by atoms with E-state index in [4.69, 9.17) is 14.6 Å². The first-order valence-corrected chi connectivity index (χ1v) is 7.94. The Bertz CT molecular complexity index is 678. The SMILES string of the molecule is CCOC(OCC)c1cc2ccc(NCCCO)cc2c(=O)[nH]1. The highest BCUT2D eigenvalue weighted by molar-refractivity contribution is 5.85. The molecular weight excluding hydrogens is 296 g/mol. The van der Waals surface area contributed by atoms with Gasteiger partial charge in [-0.15, -0.1) is 0 Å². The zero-order valence-corrected chi connectivity index (χ0v) is 13.6. The summed E-state index contributed by atoms with van der Waals surface area (Å²) in [5.41, 5.74) is 1.30. The fourth-order valence-corrected chi connectivity index (χ4v) is 2.36. The highest BCUT2D eigenvalue weighted by Crippen LogP contribution is 2.21. The number of hydrogen-bond acceptors (Lipinski definition) is 5. The molecule has 1 aromatic carbocycles. The Balaban J connectivity index is 2.31. The molecule has 2 aromatic rings. The normalized spacial score (nSPS) is 11.3. The number of aromatic nitrogens is 1. The summed E-state index contributed by atoms with van der Waals surface area (Å²) in [5, 5.41) is 13.4. The van der Waals surface area contributed by atoms with Crippen LogP contribution < -0.4 is 10.9 Å². The van der Waals surface area contributed by atoms with Crippen LogP contribution in [0.2, 0.25) is 0 Å². The van der Waals surface area contributed by atoms with E-state index in [-0.39, 0.29) is 12.2 Å². The average molecular weight is 320 g/mol. The Morgan fingerprint density at radius 1 is 1.22 bits per heavy atom. The maximum Gasteiger partial charge on any atom is 0.256 e. The van der Waals surface area contributed by atoms with Gasteiger partial charge in [0.15, 0.2) is 6.29 Å². The summed E-state index contributed by atoms with van der Waals surface area (Å²) >= 11 is 0. The number of rotatable bonds is 9. The number of fused-ring (bicyclic) bond motifs is 1. The van der Waals surface area contributed by atoms with Crippen LogP contribution in [0.5, 0.6) is 0 Å². The van der Waals surface area contributed by atoms with E-state index in [0.717, 1.165) is 11.1 Å². The maximum atomic E-state index is 12.4. The van der Waals surface area contributed by atoms with E-state index in [1.54, 1.807) is 0 Å². The number of hydrogen-bond donors (Lipinski definition) is 3. The second kappa shape index (κ2) is 8.67. The van der Waals surface area contributed by atoms with Crippen molar-refractivity contribution in [3.8, 4) is 0 Å². The Labute approximate surface area is 135 Å². The standard InChI is InChI=1S/C17H24N2O4/c1-3-22-17(23-4-2)15-10-12-6-7-13(18-8-5-9-20)11-14(12)16(21)19-15/h6-7,10-11,17-18,20H,3-5,8-9H2,1-2H3,(H,19,21). The number of ether oxygens (including phenoxy) is 2. The van der Waals surface area contributed by atoms with Crippen LogP contribution in [0.1, 0.15) is 32.3 Å². The molecule has 0 aliphatic carbocycles. The molecule has 1 heterocycles. The number of benzene rings is 1. The van der Waals surface area contributed by atoms with Crippen LogP contribution in [0, 0.1) is 0 Å². The zero-order valence-electron chi connectivity index (χ0n) is 13.6. The Kier molecular flexibility index (Phi) is 6.58. The van der Waals surface area contributed by atoms with Crippen molar-refractivity contribution in [2.45, 2.75) is 26.6 Å². The first-order valence-electron chi connectivity index (χ1n) is 7.94.